The molecular formula is C29H21BrN2O5. The summed E-state index contributed by atoms with van der Waals surface area (Å²) >= 11 is 3.40. The summed E-state index contributed by atoms with van der Waals surface area (Å²) in [6, 6.07) is 24.7. The Morgan fingerprint density at radius 3 is 2.35 bits per heavy atom. The summed E-state index contributed by atoms with van der Waals surface area (Å²) in [5, 5.41) is 4.00. The predicted molar refractivity (Wildman–Crippen MR) is 144 cm³/mol. The van der Waals surface area contributed by atoms with E-state index in [0.717, 1.165) is 25.7 Å². The Labute approximate surface area is 221 Å². The molecule has 184 valence electrons. The van der Waals surface area contributed by atoms with Crippen molar-refractivity contribution in [3.8, 4) is 11.5 Å². The number of ether oxygens (including phenoxy) is 2. The first-order valence-corrected chi connectivity index (χ1v) is 12.2. The van der Waals surface area contributed by atoms with Gasteiger partial charge in [-0.25, -0.2) is 9.69 Å². The molecule has 0 radical (unpaired) electrons. The number of imide groups is 2. The molecule has 1 fully saturated rings. The van der Waals surface area contributed by atoms with E-state index in [2.05, 4.69) is 21.2 Å². The number of barbiturate groups is 1. The van der Waals surface area contributed by atoms with Crippen molar-refractivity contribution in [1.29, 1.82) is 0 Å². The van der Waals surface area contributed by atoms with Gasteiger partial charge in [0.15, 0.2) is 0 Å². The van der Waals surface area contributed by atoms with Crippen LogP contribution in [0.5, 0.6) is 11.5 Å². The molecule has 0 spiro atoms. The van der Waals surface area contributed by atoms with Gasteiger partial charge in [-0.3, -0.25) is 14.9 Å². The first-order valence-electron chi connectivity index (χ1n) is 11.4. The maximum Gasteiger partial charge on any atom is 0.335 e. The van der Waals surface area contributed by atoms with Crippen LogP contribution in [0.2, 0.25) is 0 Å². The van der Waals surface area contributed by atoms with E-state index >= 15 is 0 Å². The second kappa shape index (κ2) is 10.3. The van der Waals surface area contributed by atoms with E-state index in [1.165, 1.54) is 13.2 Å². The number of amides is 4. The molecule has 7 nitrogen and oxygen atoms in total. The number of nitrogens with one attached hydrogen (secondary N) is 1. The lowest BCUT2D eigenvalue weighted by Crippen LogP contribution is -2.54. The third-order valence-electron chi connectivity index (χ3n) is 5.95. The SMILES string of the molecule is COc1ccc2ccccc2c1/C=C1\C(=O)NC(=O)N(c2ccc(OCc3ccc(Br)cc3)cc2)C1=O. The summed E-state index contributed by atoms with van der Waals surface area (Å²) in [6.07, 6.45) is 1.47. The van der Waals surface area contributed by atoms with Gasteiger partial charge in [-0.2, -0.15) is 0 Å². The fraction of sp³-hybridized carbons (Fsp3) is 0.0690. The Kier molecular flexibility index (Phi) is 6.74. The number of hydrogen-bond donors (Lipinski definition) is 1. The number of carbonyl (C=O) groups is 3. The summed E-state index contributed by atoms with van der Waals surface area (Å²) in [5.74, 6) is -0.422. The van der Waals surface area contributed by atoms with Crippen molar-refractivity contribution in [2.75, 3.05) is 12.0 Å². The van der Waals surface area contributed by atoms with E-state index in [9.17, 15) is 14.4 Å². The fourth-order valence-corrected chi connectivity index (χ4v) is 4.34. The molecule has 1 heterocycles. The molecule has 1 saturated heterocycles. The first kappa shape index (κ1) is 24.3. The summed E-state index contributed by atoms with van der Waals surface area (Å²) in [6.45, 7) is 0.365. The normalized spacial score (nSPS) is 14.7. The third kappa shape index (κ3) is 4.96. The maximum absolute atomic E-state index is 13.4. The van der Waals surface area contributed by atoms with Gasteiger partial charge in [0.1, 0.15) is 23.7 Å². The quantitative estimate of drug-likeness (QED) is 0.237. The molecule has 0 aliphatic carbocycles. The number of rotatable bonds is 6. The van der Waals surface area contributed by atoms with Crippen molar-refractivity contribution in [1.82, 2.24) is 5.32 Å². The molecule has 1 N–H and O–H groups in total. The van der Waals surface area contributed by atoms with Gasteiger partial charge in [0.05, 0.1) is 12.8 Å². The summed E-state index contributed by atoms with van der Waals surface area (Å²) in [4.78, 5) is 39.7. The van der Waals surface area contributed by atoms with Crippen LogP contribution in [-0.4, -0.2) is 25.0 Å². The van der Waals surface area contributed by atoms with E-state index in [1.54, 1.807) is 30.3 Å². The minimum Gasteiger partial charge on any atom is -0.496 e. The molecule has 5 rings (SSSR count). The predicted octanol–water partition coefficient (Wildman–Crippen LogP) is 5.86. The number of halogens is 1. The van der Waals surface area contributed by atoms with Gasteiger partial charge in [-0.15, -0.1) is 0 Å². The van der Waals surface area contributed by atoms with Crippen molar-refractivity contribution in [2.45, 2.75) is 6.61 Å². The Morgan fingerprint density at radius 2 is 1.62 bits per heavy atom. The van der Waals surface area contributed by atoms with Gasteiger partial charge >= 0.3 is 6.03 Å². The van der Waals surface area contributed by atoms with Gasteiger partial charge < -0.3 is 9.47 Å². The number of carbonyl (C=O) groups excluding carboxylic acids is 3. The molecule has 0 aromatic heterocycles. The average Bonchev–Trinajstić information content (AvgIpc) is 2.91. The second-order valence-electron chi connectivity index (χ2n) is 8.27. The molecule has 4 aromatic rings. The topological polar surface area (TPSA) is 84.9 Å². The Bertz CT molecular complexity index is 1550. The molecule has 1 aliphatic heterocycles. The lowest BCUT2D eigenvalue weighted by molar-refractivity contribution is -0.122. The van der Waals surface area contributed by atoms with Gasteiger partial charge in [0.2, 0.25) is 0 Å². The number of urea groups is 1. The van der Waals surface area contributed by atoms with Crippen molar-refractivity contribution < 1.29 is 23.9 Å². The van der Waals surface area contributed by atoms with E-state index in [0.29, 0.717) is 29.4 Å². The molecule has 8 heteroatoms. The smallest absolute Gasteiger partial charge is 0.335 e. The zero-order chi connectivity index (χ0) is 25.9. The maximum atomic E-state index is 13.4. The molecule has 4 aromatic carbocycles. The lowest BCUT2D eigenvalue weighted by atomic mass is 9.99. The van der Waals surface area contributed by atoms with Crippen LogP contribution in [0.1, 0.15) is 11.1 Å². The first-order chi connectivity index (χ1) is 17.9. The van der Waals surface area contributed by atoms with Crippen LogP contribution in [0.4, 0.5) is 10.5 Å². The fourth-order valence-electron chi connectivity index (χ4n) is 4.08. The third-order valence-corrected chi connectivity index (χ3v) is 6.48. The van der Waals surface area contributed by atoms with E-state index < -0.39 is 17.8 Å². The summed E-state index contributed by atoms with van der Waals surface area (Å²) in [7, 11) is 1.52. The second-order valence-corrected chi connectivity index (χ2v) is 9.19. The van der Waals surface area contributed by atoms with Gasteiger partial charge in [-0.05, 0) is 64.9 Å². The van der Waals surface area contributed by atoms with E-state index in [-0.39, 0.29) is 5.57 Å². The largest absolute Gasteiger partial charge is 0.496 e. The standard InChI is InChI=1S/C29H21BrN2O5/c1-36-26-15-8-19-4-2-3-5-23(19)24(26)16-25-27(33)31-29(35)32(28(25)34)21-11-13-22(14-12-21)37-17-18-6-9-20(30)10-7-18/h2-16H,17H2,1H3,(H,31,33,35)/b25-16+. The molecular weight excluding hydrogens is 536 g/mol. The van der Waals surface area contributed by atoms with E-state index in [1.807, 2.05) is 54.6 Å². The van der Waals surface area contributed by atoms with Crippen LogP contribution >= 0.6 is 15.9 Å². The number of methoxy groups -OCH3 is 1. The highest BCUT2D eigenvalue weighted by Crippen LogP contribution is 2.32. The molecule has 0 atom stereocenters. The molecule has 0 bridgehead atoms. The highest BCUT2D eigenvalue weighted by Gasteiger charge is 2.37. The minimum absolute atomic E-state index is 0.176. The number of benzene rings is 4. The number of hydrogen-bond acceptors (Lipinski definition) is 5. The minimum atomic E-state index is -0.819. The molecule has 0 unspecified atom stereocenters. The van der Waals surface area contributed by atoms with Crippen LogP contribution in [0.15, 0.2) is 95.0 Å². The van der Waals surface area contributed by atoms with Crippen molar-refractivity contribution in [2.24, 2.45) is 0 Å². The Morgan fingerprint density at radius 1 is 0.892 bits per heavy atom. The molecule has 0 saturated carbocycles. The van der Waals surface area contributed by atoms with Gasteiger partial charge in [0.25, 0.3) is 11.8 Å². The zero-order valence-corrected chi connectivity index (χ0v) is 21.3. The molecule has 4 amide bonds. The average molecular weight is 557 g/mol. The van der Waals surface area contributed by atoms with Crippen LogP contribution < -0.4 is 19.7 Å². The highest BCUT2D eigenvalue weighted by atomic mass is 79.9. The van der Waals surface area contributed by atoms with Crippen molar-refractivity contribution >= 4 is 56.3 Å². The summed E-state index contributed by atoms with van der Waals surface area (Å²) < 4.78 is 12.3. The Balaban J connectivity index is 1.43. The van der Waals surface area contributed by atoms with Gasteiger partial charge in [-0.1, -0.05) is 58.4 Å². The lowest BCUT2D eigenvalue weighted by Gasteiger charge is -2.26. The van der Waals surface area contributed by atoms with Crippen LogP contribution in [-0.2, 0) is 16.2 Å². The zero-order valence-electron chi connectivity index (χ0n) is 19.7. The van der Waals surface area contributed by atoms with Gasteiger partial charge in [0, 0.05) is 10.0 Å². The number of nitrogens with zero attached hydrogens (tertiary/aromatic N) is 1. The highest BCUT2D eigenvalue weighted by molar-refractivity contribution is 9.10. The molecule has 1 aliphatic rings. The number of fused-ring (bicyclic) bond motifs is 1. The summed E-state index contributed by atoms with van der Waals surface area (Å²) in [5.41, 5.74) is 1.70. The molecule has 37 heavy (non-hydrogen) atoms. The van der Waals surface area contributed by atoms with Crippen LogP contribution in [0, 0.1) is 0 Å². The van der Waals surface area contributed by atoms with Crippen molar-refractivity contribution in [3.05, 3.63) is 106 Å². The Hall–Kier alpha value is -4.43. The van der Waals surface area contributed by atoms with Crippen LogP contribution in [0.3, 0.4) is 0 Å². The van der Waals surface area contributed by atoms with Crippen molar-refractivity contribution in [3.63, 3.8) is 0 Å². The van der Waals surface area contributed by atoms with E-state index in [4.69, 9.17) is 9.47 Å². The monoisotopic (exact) mass is 556 g/mol. The number of anilines is 1. The van der Waals surface area contributed by atoms with Crippen LogP contribution in [0.25, 0.3) is 16.8 Å².